The summed E-state index contributed by atoms with van der Waals surface area (Å²) in [5, 5.41) is 26.4. The van der Waals surface area contributed by atoms with E-state index in [9.17, 15) is 15.0 Å². The zero-order valence-corrected chi connectivity index (χ0v) is 33.3. The van der Waals surface area contributed by atoms with Crippen LogP contribution in [-0.4, -0.2) is 77.5 Å². The number of rotatable bonds is 17. The van der Waals surface area contributed by atoms with Crippen molar-refractivity contribution in [3.63, 3.8) is 0 Å². The van der Waals surface area contributed by atoms with Crippen LogP contribution in [0.4, 0.5) is 0 Å². The number of nitrogens with zero attached hydrogens (tertiary/aromatic N) is 3. The number of likely N-dealkylation sites (N-methyl/N-ethyl adjacent to an activating group) is 1. The molecule has 57 heavy (non-hydrogen) atoms. The number of allylic oxidation sites excluding steroid dienone is 1. The largest absolute Gasteiger partial charge is 0.487 e. The van der Waals surface area contributed by atoms with E-state index >= 15 is 0 Å². The van der Waals surface area contributed by atoms with E-state index < -0.39 is 17.7 Å². The first kappa shape index (κ1) is 40.2. The maximum absolute atomic E-state index is 14.7. The number of hydrogen-bond acceptors (Lipinski definition) is 9. The van der Waals surface area contributed by atoms with Crippen molar-refractivity contribution < 1.29 is 34.1 Å². The highest BCUT2D eigenvalue weighted by Gasteiger charge is 2.65. The van der Waals surface area contributed by atoms with Gasteiger partial charge in [-0.1, -0.05) is 66.5 Å². The minimum absolute atomic E-state index is 0.107. The first-order chi connectivity index (χ1) is 27.8. The quantitative estimate of drug-likeness (QED) is 0.0627. The normalized spacial score (nSPS) is 24.2. The van der Waals surface area contributed by atoms with Crippen molar-refractivity contribution >= 4 is 22.4 Å². The summed E-state index contributed by atoms with van der Waals surface area (Å²) in [6, 6.07) is 25.1. The molecule has 10 nitrogen and oxygen atoms in total. The Morgan fingerprint density at radius 3 is 2.54 bits per heavy atom. The lowest BCUT2D eigenvalue weighted by Crippen LogP contribution is -2.69. The van der Waals surface area contributed by atoms with E-state index in [4.69, 9.17) is 19.0 Å². The van der Waals surface area contributed by atoms with Gasteiger partial charge in [0, 0.05) is 49.4 Å². The Balaban J connectivity index is 1.38. The van der Waals surface area contributed by atoms with E-state index in [1.807, 2.05) is 86.8 Å². The van der Waals surface area contributed by atoms with Gasteiger partial charge in [-0.2, -0.15) is 0 Å². The zero-order valence-electron chi connectivity index (χ0n) is 33.3. The van der Waals surface area contributed by atoms with Crippen LogP contribution in [0.5, 0.6) is 11.5 Å². The van der Waals surface area contributed by atoms with E-state index in [-0.39, 0.29) is 43.5 Å². The molecule has 10 heteroatoms. The third-order valence-corrected chi connectivity index (χ3v) is 12.0. The smallest absolute Gasteiger partial charge is 0.254 e. The van der Waals surface area contributed by atoms with Gasteiger partial charge in [-0.15, -0.1) is 6.58 Å². The summed E-state index contributed by atoms with van der Waals surface area (Å²) in [6.07, 6.45) is 9.18. The molecule has 6 atom stereocenters. The molecule has 2 aliphatic carbocycles. The number of aliphatic hydroxyl groups excluding tert-OH is 2. The van der Waals surface area contributed by atoms with Crippen LogP contribution >= 0.6 is 0 Å². The highest BCUT2D eigenvalue weighted by molar-refractivity contribution is 6.04. The van der Waals surface area contributed by atoms with Crippen molar-refractivity contribution in [2.45, 2.75) is 76.2 Å². The van der Waals surface area contributed by atoms with Crippen LogP contribution in [-0.2, 0) is 16.2 Å². The second kappa shape index (κ2) is 18.1. The molecule has 1 aromatic heterocycles. The number of fused-ring (bicyclic) bond motifs is 3. The molecule has 2 heterocycles. The van der Waals surface area contributed by atoms with Crippen molar-refractivity contribution in [3.8, 4) is 11.5 Å². The molecule has 0 spiro atoms. The highest BCUT2D eigenvalue weighted by Crippen LogP contribution is 2.62. The molecule has 0 radical (unpaired) electrons. The Labute approximate surface area is 335 Å². The van der Waals surface area contributed by atoms with Crippen LogP contribution in [0.2, 0.25) is 0 Å². The maximum atomic E-state index is 14.7. The van der Waals surface area contributed by atoms with Gasteiger partial charge >= 0.3 is 0 Å². The number of unbranched alkanes of at least 4 members (excludes halogenated alkanes) is 2. The van der Waals surface area contributed by atoms with Gasteiger partial charge in [0.1, 0.15) is 31.3 Å². The van der Waals surface area contributed by atoms with Crippen molar-refractivity contribution in [1.29, 1.82) is 0 Å². The van der Waals surface area contributed by atoms with Gasteiger partial charge in [0.05, 0.1) is 23.9 Å². The van der Waals surface area contributed by atoms with E-state index in [1.54, 1.807) is 18.1 Å². The highest BCUT2D eigenvalue weighted by atomic mass is 16.7. The molecule has 1 fully saturated rings. The van der Waals surface area contributed by atoms with Crippen LogP contribution in [0, 0.1) is 24.7 Å². The van der Waals surface area contributed by atoms with E-state index in [1.165, 1.54) is 0 Å². The van der Waals surface area contributed by atoms with Crippen molar-refractivity contribution in [2.24, 2.45) is 22.9 Å². The summed E-state index contributed by atoms with van der Waals surface area (Å²) in [7, 11) is 3.38. The van der Waals surface area contributed by atoms with E-state index in [0.29, 0.717) is 42.9 Å². The molecule has 3 aliphatic rings. The molecule has 3 aromatic carbocycles. The Morgan fingerprint density at radius 1 is 1.00 bits per heavy atom. The summed E-state index contributed by atoms with van der Waals surface area (Å²) < 4.78 is 20.7. The van der Waals surface area contributed by atoms with Crippen molar-refractivity contribution in [3.05, 3.63) is 126 Å². The summed E-state index contributed by atoms with van der Waals surface area (Å²) in [5.74, 6) is -0.422. The minimum Gasteiger partial charge on any atom is -0.487 e. The number of aromatic nitrogens is 1. The molecule has 300 valence electrons. The molecule has 0 unspecified atom stereocenters. The molecular formula is C47H55N3O7. The summed E-state index contributed by atoms with van der Waals surface area (Å²) in [5.41, 5.74) is 5.06. The number of pyridine rings is 1. The fourth-order valence-electron chi connectivity index (χ4n) is 9.43. The van der Waals surface area contributed by atoms with Gasteiger partial charge in [0.2, 0.25) is 5.79 Å². The number of ether oxygens (including phenoxy) is 3. The average Bonchev–Trinajstić information content (AvgIpc) is 3.23. The molecule has 0 saturated heterocycles. The first-order valence-corrected chi connectivity index (χ1v) is 20.2. The maximum Gasteiger partial charge on any atom is 0.254 e. The number of carbonyl (C=O) groups is 1. The number of hydrogen-bond donors (Lipinski definition) is 2. The van der Waals surface area contributed by atoms with Gasteiger partial charge in [0.25, 0.3) is 5.91 Å². The molecule has 1 aliphatic heterocycles. The molecule has 1 saturated carbocycles. The number of amides is 1. The predicted octanol–water partition coefficient (Wildman–Crippen LogP) is 8.16. The molecular weight excluding hydrogens is 719 g/mol. The first-order valence-electron chi connectivity index (χ1n) is 20.2. The number of aliphatic hydroxyl groups is 2. The van der Waals surface area contributed by atoms with Gasteiger partial charge in [-0.3, -0.25) is 9.78 Å². The van der Waals surface area contributed by atoms with Gasteiger partial charge in [-0.25, -0.2) is 0 Å². The molecule has 7 rings (SSSR count). The van der Waals surface area contributed by atoms with Crippen molar-refractivity contribution in [1.82, 2.24) is 9.88 Å². The number of aryl methyl sites for hydroxylation is 1. The third-order valence-electron chi connectivity index (χ3n) is 12.0. The average molecular weight is 774 g/mol. The Morgan fingerprint density at radius 2 is 1.79 bits per heavy atom. The molecule has 4 aromatic rings. The van der Waals surface area contributed by atoms with Crippen LogP contribution in [0.15, 0.2) is 108 Å². The topological polar surface area (TPSA) is 123 Å². The Hall–Kier alpha value is -5.03. The summed E-state index contributed by atoms with van der Waals surface area (Å²) in [4.78, 5) is 26.6. The lowest BCUT2D eigenvalue weighted by molar-refractivity contribution is -0.252. The molecule has 2 N–H and O–H groups in total. The third kappa shape index (κ3) is 8.22. The Bertz CT molecular complexity index is 2120. The Kier molecular flexibility index (Phi) is 12.7. The molecule has 0 bridgehead atoms. The fraction of sp³-hybridized carbons (Fsp3) is 0.426. The van der Waals surface area contributed by atoms with Crippen LogP contribution in [0.3, 0.4) is 0 Å². The monoisotopic (exact) mass is 773 g/mol. The van der Waals surface area contributed by atoms with Crippen molar-refractivity contribution in [2.75, 3.05) is 34.0 Å². The van der Waals surface area contributed by atoms with Crippen LogP contribution in [0.25, 0.3) is 10.8 Å². The van der Waals surface area contributed by atoms with E-state index in [0.717, 1.165) is 64.7 Å². The zero-order chi connectivity index (χ0) is 39.9. The minimum atomic E-state index is -1.33. The van der Waals surface area contributed by atoms with Crippen LogP contribution < -0.4 is 9.47 Å². The number of benzene rings is 3. The predicted molar refractivity (Wildman–Crippen MR) is 221 cm³/mol. The fourth-order valence-corrected chi connectivity index (χ4v) is 9.43. The van der Waals surface area contributed by atoms with Gasteiger partial charge < -0.3 is 34.2 Å². The lowest BCUT2D eigenvalue weighted by atomic mass is 9.55. The molecule has 1 amide bonds. The number of oxime groups is 1. The van der Waals surface area contributed by atoms with Gasteiger partial charge in [0.15, 0.2) is 0 Å². The summed E-state index contributed by atoms with van der Waals surface area (Å²) >= 11 is 0. The second-order valence-corrected chi connectivity index (χ2v) is 15.5. The lowest BCUT2D eigenvalue weighted by Gasteiger charge is -2.59. The number of carbonyl (C=O) groups excluding carboxylic acids is 1. The van der Waals surface area contributed by atoms with Gasteiger partial charge in [-0.05, 0) is 103 Å². The summed E-state index contributed by atoms with van der Waals surface area (Å²) in [6.45, 7) is 6.73. The van der Waals surface area contributed by atoms with Crippen LogP contribution in [0.1, 0.15) is 78.2 Å². The van der Waals surface area contributed by atoms with E-state index in [2.05, 4.69) is 28.9 Å². The second-order valence-electron chi connectivity index (χ2n) is 15.5. The SMILES string of the molecule is C=CCO[C@@]12Oc3ccc(OCc4cccc(C)n4)cc3[C@H]3[C@H](CCCCO)[C@@H](CCCCO)C=C(C(=NOC)C[C@@H]1N(C)C(=O)c1ccc4ccccc4c1)[C@H]32. The standard InChI is InChI=1S/C47H55N3O7/c1-5-25-56-47-43(50(3)46(53)35-20-19-32-14-6-7-15-33(32)26-35)29-41(49-54-4)39-27-34(16-8-10-23-51)38(18-9-11-24-52)44(45(39)47)40-28-37(21-22-42(40)57-47)55-30-36-17-12-13-31(2)48-36/h5-7,12-15,17,19-22,26-28,34,38,43-45,51-52H,1,8-11,16,18,23-25,29-30H2,2-4H3/t34-,38+,43-,44+,45+,47+/m0/s1.